The van der Waals surface area contributed by atoms with Gasteiger partial charge in [-0.2, -0.15) is 0 Å². The Hall–Kier alpha value is -1.36. The van der Waals surface area contributed by atoms with Gasteiger partial charge in [0, 0.05) is 26.6 Å². The number of carboxylic acids is 1. The lowest BCUT2D eigenvalue weighted by molar-refractivity contribution is -0.140. The number of carbonyl (C=O) groups is 2. The minimum atomic E-state index is -0.964. The Morgan fingerprint density at radius 2 is 2.13 bits per heavy atom. The van der Waals surface area contributed by atoms with Crippen LogP contribution in [-0.2, 0) is 14.3 Å². The highest BCUT2D eigenvalue weighted by Crippen LogP contribution is 1.98. The molecule has 0 saturated carbocycles. The SMILES string of the molecule is C=CCN(CCOC)C(=O)CCC(=O)O. The lowest BCUT2D eigenvalue weighted by atomic mass is 10.2. The van der Waals surface area contributed by atoms with E-state index in [1.165, 1.54) is 4.90 Å². The smallest absolute Gasteiger partial charge is 0.303 e. The number of carbonyl (C=O) groups excluding carboxylic acids is 1. The lowest BCUT2D eigenvalue weighted by Gasteiger charge is -2.20. The van der Waals surface area contributed by atoms with Gasteiger partial charge >= 0.3 is 5.97 Å². The summed E-state index contributed by atoms with van der Waals surface area (Å²) in [5.41, 5.74) is 0. The van der Waals surface area contributed by atoms with E-state index in [1.807, 2.05) is 0 Å². The number of carboxylic acid groups (broad SMARTS) is 1. The van der Waals surface area contributed by atoms with Crippen LogP contribution < -0.4 is 0 Å². The predicted molar refractivity (Wildman–Crippen MR) is 55.5 cm³/mol. The second kappa shape index (κ2) is 7.99. The molecule has 0 aliphatic carbocycles. The van der Waals surface area contributed by atoms with Crippen molar-refractivity contribution in [2.24, 2.45) is 0 Å². The van der Waals surface area contributed by atoms with Gasteiger partial charge in [-0.25, -0.2) is 0 Å². The van der Waals surface area contributed by atoms with E-state index in [0.29, 0.717) is 19.7 Å². The van der Waals surface area contributed by atoms with E-state index in [9.17, 15) is 9.59 Å². The quantitative estimate of drug-likeness (QED) is 0.599. The number of amides is 1. The third-order valence-corrected chi connectivity index (χ3v) is 1.82. The zero-order valence-electron chi connectivity index (χ0n) is 8.94. The fraction of sp³-hybridized carbons (Fsp3) is 0.600. The van der Waals surface area contributed by atoms with E-state index in [2.05, 4.69) is 6.58 Å². The molecule has 0 radical (unpaired) electrons. The van der Waals surface area contributed by atoms with E-state index < -0.39 is 5.97 Å². The van der Waals surface area contributed by atoms with E-state index in [0.717, 1.165) is 0 Å². The topological polar surface area (TPSA) is 66.8 Å². The molecule has 86 valence electrons. The standard InChI is InChI=1S/C10H17NO4/c1-3-6-11(7-8-15-2)9(12)4-5-10(13)14/h3H,1,4-8H2,2H3,(H,13,14). The van der Waals surface area contributed by atoms with Gasteiger partial charge in [-0.3, -0.25) is 9.59 Å². The molecule has 0 heterocycles. The van der Waals surface area contributed by atoms with E-state index in [4.69, 9.17) is 9.84 Å². The zero-order chi connectivity index (χ0) is 11.7. The van der Waals surface area contributed by atoms with Crippen LogP contribution in [0.2, 0.25) is 0 Å². The Bertz CT molecular complexity index is 227. The van der Waals surface area contributed by atoms with Crippen LogP contribution in [0.15, 0.2) is 12.7 Å². The van der Waals surface area contributed by atoms with Crippen LogP contribution in [0.4, 0.5) is 0 Å². The first kappa shape index (κ1) is 13.6. The number of ether oxygens (including phenoxy) is 1. The minimum Gasteiger partial charge on any atom is -0.481 e. The monoisotopic (exact) mass is 215 g/mol. The molecule has 5 heteroatoms. The van der Waals surface area contributed by atoms with Crippen LogP contribution in [0.25, 0.3) is 0 Å². The molecule has 0 aromatic rings. The first-order chi connectivity index (χ1) is 7.11. The normalized spacial score (nSPS) is 9.67. The van der Waals surface area contributed by atoms with Crippen LogP contribution in [0, 0.1) is 0 Å². The van der Waals surface area contributed by atoms with Crippen molar-refractivity contribution in [1.82, 2.24) is 4.90 Å². The van der Waals surface area contributed by atoms with E-state index in [-0.39, 0.29) is 18.7 Å². The average Bonchev–Trinajstić information content (AvgIpc) is 2.20. The molecular weight excluding hydrogens is 198 g/mol. The van der Waals surface area contributed by atoms with Crippen LogP contribution >= 0.6 is 0 Å². The summed E-state index contributed by atoms with van der Waals surface area (Å²) in [7, 11) is 1.55. The third kappa shape index (κ3) is 6.68. The summed E-state index contributed by atoms with van der Waals surface area (Å²) >= 11 is 0. The molecule has 1 N–H and O–H groups in total. The number of hydrogen-bond acceptors (Lipinski definition) is 3. The van der Waals surface area contributed by atoms with E-state index >= 15 is 0 Å². The Balaban J connectivity index is 4.02. The molecule has 0 aromatic carbocycles. The average molecular weight is 215 g/mol. The highest BCUT2D eigenvalue weighted by atomic mass is 16.5. The Labute approximate surface area is 89.3 Å². The Kier molecular flexibility index (Phi) is 7.27. The molecule has 0 aromatic heterocycles. The molecule has 0 saturated heterocycles. The van der Waals surface area contributed by atoms with Crippen molar-refractivity contribution in [2.75, 3.05) is 26.8 Å². The van der Waals surface area contributed by atoms with E-state index in [1.54, 1.807) is 13.2 Å². The molecule has 0 fully saturated rings. The maximum Gasteiger partial charge on any atom is 0.303 e. The molecule has 0 unspecified atom stereocenters. The molecule has 0 spiro atoms. The summed E-state index contributed by atoms with van der Waals surface area (Å²) in [6.07, 6.45) is 1.49. The summed E-state index contributed by atoms with van der Waals surface area (Å²) in [6, 6.07) is 0. The number of methoxy groups -OCH3 is 1. The largest absolute Gasteiger partial charge is 0.481 e. The van der Waals surface area contributed by atoms with Gasteiger partial charge < -0.3 is 14.7 Å². The van der Waals surface area contributed by atoms with Gasteiger partial charge in [-0.15, -0.1) is 6.58 Å². The first-order valence-electron chi connectivity index (χ1n) is 4.71. The molecule has 1 amide bonds. The van der Waals surface area contributed by atoms with Gasteiger partial charge in [0.1, 0.15) is 0 Å². The number of rotatable bonds is 8. The first-order valence-corrected chi connectivity index (χ1v) is 4.71. The van der Waals surface area contributed by atoms with Crippen molar-refractivity contribution >= 4 is 11.9 Å². The van der Waals surface area contributed by atoms with Crippen molar-refractivity contribution in [3.63, 3.8) is 0 Å². The second-order valence-electron chi connectivity index (χ2n) is 3.01. The fourth-order valence-corrected chi connectivity index (χ4v) is 1.05. The summed E-state index contributed by atoms with van der Waals surface area (Å²) in [5.74, 6) is -1.15. The van der Waals surface area contributed by atoms with Gasteiger partial charge in [-0.05, 0) is 0 Å². The summed E-state index contributed by atoms with van der Waals surface area (Å²) in [5, 5.41) is 8.43. The van der Waals surface area contributed by atoms with Crippen LogP contribution in [0.1, 0.15) is 12.8 Å². The molecule has 0 aliphatic rings. The summed E-state index contributed by atoms with van der Waals surface area (Å²) in [4.78, 5) is 23.3. The van der Waals surface area contributed by atoms with Crippen LogP contribution in [0.3, 0.4) is 0 Å². The molecule has 5 nitrogen and oxygen atoms in total. The molecular formula is C10H17NO4. The second-order valence-corrected chi connectivity index (χ2v) is 3.01. The molecule has 0 bridgehead atoms. The van der Waals surface area contributed by atoms with Crippen molar-refractivity contribution in [3.05, 3.63) is 12.7 Å². The van der Waals surface area contributed by atoms with Gasteiger partial charge in [0.2, 0.25) is 5.91 Å². The molecule has 0 aliphatic heterocycles. The molecule has 0 rings (SSSR count). The minimum absolute atomic E-state index is 0.0207. The van der Waals surface area contributed by atoms with Gasteiger partial charge in [0.15, 0.2) is 0 Å². The van der Waals surface area contributed by atoms with Crippen LogP contribution in [-0.4, -0.2) is 48.7 Å². The maximum atomic E-state index is 11.5. The van der Waals surface area contributed by atoms with Crippen LogP contribution in [0.5, 0.6) is 0 Å². The van der Waals surface area contributed by atoms with Crippen molar-refractivity contribution in [3.8, 4) is 0 Å². The third-order valence-electron chi connectivity index (χ3n) is 1.82. The maximum absolute atomic E-state index is 11.5. The van der Waals surface area contributed by atoms with Gasteiger partial charge in [0.05, 0.1) is 13.0 Å². The molecule has 0 atom stereocenters. The zero-order valence-corrected chi connectivity index (χ0v) is 8.94. The molecule has 15 heavy (non-hydrogen) atoms. The Morgan fingerprint density at radius 3 is 2.60 bits per heavy atom. The number of hydrogen-bond donors (Lipinski definition) is 1. The van der Waals surface area contributed by atoms with Crippen molar-refractivity contribution in [2.45, 2.75) is 12.8 Å². The fourth-order valence-electron chi connectivity index (χ4n) is 1.05. The highest BCUT2D eigenvalue weighted by Gasteiger charge is 2.12. The Morgan fingerprint density at radius 1 is 1.47 bits per heavy atom. The number of aliphatic carboxylic acids is 1. The lowest BCUT2D eigenvalue weighted by Crippen LogP contribution is -2.34. The summed E-state index contributed by atoms with van der Waals surface area (Å²) in [6.45, 7) is 4.85. The predicted octanol–water partition coefficient (Wildman–Crippen LogP) is 0.512. The number of nitrogens with zero attached hydrogens (tertiary/aromatic N) is 1. The van der Waals surface area contributed by atoms with Gasteiger partial charge in [-0.1, -0.05) is 6.08 Å². The highest BCUT2D eigenvalue weighted by molar-refractivity contribution is 5.80. The summed E-state index contributed by atoms with van der Waals surface area (Å²) < 4.78 is 4.85. The van der Waals surface area contributed by atoms with Crippen molar-refractivity contribution < 1.29 is 19.4 Å². The van der Waals surface area contributed by atoms with Crippen molar-refractivity contribution in [1.29, 1.82) is 0 Å². The van der Waals surface area contributed by atoms with Gasteiger partial charge in [0.25, 0.3) is 0 Å².